The van der Waals surface area contributed by atoms with E-state index in [1.54, 1.807) is 0 Å². The number of benzene rings is 1. The summed E-state index contributed by atoms with van der Waals surface area (Å²) in [6.45, 7) is 9.56. The van der Waals surface area contributed by atoms with Crippen LogP contribution in [0.25, 0.3) is 0 Å². The van der Waals surface area contributed by atoms with E-state index in [0.717, 1.165) is 19.4 Å². The lowest BCUT2D eigenvalue weighted by atomic mass is 10.00. The van der Waals surface area contributed by atoms with Crippen molar-refractivity contribution < 1.29 is 0 Å². The minimum Gasteiger partial charge on any atom is -0.385 e. The van der Waals surface area contributed by atoms with Gasteiger partial charge in [0.2, 0.25) is 0 Å². The van der Waals surface area contributed by atoms with Gasteiger partial charge in [-0.1, -0.05) is 26.0 Å². The molecule has 1 aromatic carbocycles. The van der Waals surface area contributed by atoms with Crippen LogP contribution in [0, 0.1) is 0 Å². The Morgan fingerprint density at radius 3 is 2.24 bits per heavy atom. The number of nitrogens with one attached hydrogen (secondary N) is 1. The third kappa shape index (κ3) is 5.73. The van der Waals surface area contributed by atoms with Crippen molar-refractivity contribution in [2.24, 2.45) is 5.73 Å². The second-order valence-electron chi connectivity index (χ2n) is 5.80. The Hall–Kier alpha value is -1.02. The normalized spacial score (nSPS) is 11.9. The standard InChI is InChI=1S/C15H26N2/c1-12(2)13-6-8-14(9-7-13)17-11-5-10-15(3,4)16/h6-9,12,17H,5,10-11,16H2,1-4H3. The van der Waals surface area contributed by atoms with Gasteiger partial charge < -0.3 is 11.1 Å². The zero-order chi connectivity index (χ0) is 12.9. The molecule has 1 aromatic rings. The molecule has 0 atom stereocenters. The maximum Gasteiger partial charge on any atom is 0.0340 e. The Balaban J connectivity index is 2.33. The number of hydrogen-bond acceptors (Lipinski definition) is 2. The maximum absolute atomic E-state index is 5.94. The molecule has 17 heavy (non-hydrogen) atoms. The average Bonchev–Trinajstić information content (AvgIpc) is 2.24. The summed E-state index contributed by atoms with van der Waals surface area (Å²) in [5, 5.41) is 3.43. The van der Waals surface area contributed by atoms with Gasteiger partial charge >= 0.3 is 0 Å². The first-order valence-electron chi connectivity index (χ1n) is 6.51. The van der Waals surface area contributed by atoms with Crippen LogP contribution in [0.5, 0.6) is 0 Å². The monoisotopic (exact) mass is 234 g/mol. The van der Waals surface area contributed by atoms with E-state index in [1.807, 2.05) is 0 Å². The van der Waals surface area contributed by atoms with Gasteiger partial charge in [-0.2, -0.15) is 0 Å². The van der Waals surface area contributed by atoms with Gasteiger partial charge in [0.25, 0.3) is 0 Å². The third-order valence-corrected chi connectivity index (χ3v) is 2.90. The van der Waals surface area contributed by atoms with Crippen molar-refractivity contribution in [2.75, 3.05) is 11.9 Å². The Morgan fingerprint density at radius 1 is 1.18 bits per heavy atom. The molecule has 0 saturated carbocycles. The highest BCUT2D eigenvalue weighted by Crippen LogP contribution is 2.17. The number of hydrogen-bond donors (Lipinski definition) is 2. The van der Waals surface area contributed by atoms with Crippen LogP contribution in [0.2, 0.25) is 0 Å². The van der Waals surface area contributed by atoms with Crippen LogP contribution < -0.4 is 11.1 Å². The van der Waals surface area contributed by atoms with E-state index in [2.05, 4.69) is 57.3 Å². The molecule has 1 rings (SSSR count). The van der Waals surface area contributed by atoms with E-state index in [9.17, 15) is 0 Å². The molecular weight excluding hydrogens is 208 g/mol. The molecule has 0 spiro atoms. The molecule has 0 aromatic heterocycles. The topological polar surface area (TPSA) is 38.0 Å². The predicted molar refractivity (Wildman–Crippen MR) is 76.5 cm³/mol. The lowest BCUT2D eigenvalue weighted by molar-refractivity contribution is 0.465. The van der Waals surface area contributed by atoms with E-state index in [4.69, 9.17) is 5.73 Å². The summed E-state index contributed by atoms with van der Waals surface area (Å²) in [4.78, 5) is 0. The summed E-state index contributed by atoms with van der Waals surface area (Å²) in [6, 6.07) is 8.70. The van der Waals surface area contributed by atoms with Crippen LogP contribution in [-0.4, -0.2) is 12.1 Å². The summed E-state index contributed by atoms with van der Waals surface area (Å²) in [5.41, 5.74) is 8.47. The Bertz CT molecular complexity index is 320. The van der Waals surface area contributed by atoms with Crippen LogP contribution >= 0.6 is 0 Å². The quantitative estimate of drug-likeness (QED) is 0.736. The maximum atomic E-state index is 5.94. The lowest BCUT2D eigenvalue weighted by Gasteiger charge is -2.18. The zero-order valence-corrected chi connectivity index (χ0v) is 11.6. The second-order valence-corrected chi connectivity index (χ2v) is 5.80. The molecule has 96 valence electrons. The fraction of sp³-hybridized carbons (Fsp3) is 0.600. The highest BCUT2D eigenvalue weighted by atomic mass is 14.9. The summed E-state index contributed by atoms with van der Waals surface area (Å²) < 4.78 is 0. The van der Waals surface area contributed by atoms with Gasteiger partial charge in [0.1, 0.15) is 0 Å². The minimum absolute atomic E-state index is 0.0524. The van der Waals surface area contributed by atoms with Gasteiger partial charge in [0, 0.05) is 17.8 Å². The highest BCUT2D eigenvalue weighted by Gasteiger charge is 2.08. The molecule has 0 fully saturated rings. The van der Waals surface area contributed by atoms with Crippen LogP contribution in [0.4, 0.5) is 5.69 Å². The first kappa shape index (κ1) is 14.0. The Kier molecular flexibility index (Phi) is 5.01. The molecule has 0 saturated heterocycles. The highest BCUT2D eigenvalue weighted by molar-refractivity contribution is 5.44. The first-order valence-corrected chi connectivity index (χ1v) is 6.51. The largest absolute Gasteiger partial charge is 0.385 e. The summed E-state index contributed by atoms with van der Waals surface area (Å²) in [5.74, 6) is 0.599. The average molecular weight is 234 g/mol. The smallest absolute Gasteiger partial charge is 0.0340 e. The zero-order valence-electron chi connectivity index (χ0n) is 11.6. The van der Waals surface area contributed by atoms with E-state index in [1.165, 1.54) is 11.3 Å². The SMILES string of the molecule is CC(C)c1ccc(NCCCC(C)(C)N)cc1. The van der Waals surface area contributed by atoms with Gasteiger partial charge in [-0.3, -0.25) is 0 Å². The van der Waals surface area contributed by atoms with Gasteiger partial charge in [-0.25, -0.2) is 0 Å². The van der Waals surface area contributed by atoms with Crippen molar-refractivity contribution in [3.05, 3.63) is 29.8 Å². The van der Waals surface area contributed by atoms with Crippen LogP contribution in [0.1, 0.15) is 52.0 Å². The second kappa shape index (κ2) is 6.06. The number of anilines is 1. The van der Waals surface area contributed by atoms with Gasteiger partial charge in [0.05, 0.1) is 0 Å². The van der Waals surface area contributed by atoms with Crippen LogP contribution in [0.15, 0.2) is 24.3 Å². The molecule has 0 aliphatic carbocycles. The van der Waals surface area contributed by atoms with Crippen LogP contribution in [-0.2, 0) is 0 Å². The lowest BCUT2D eigenvalue weighted by Crippen LogP contribution is -2.32. The van der Waals surface area contributed by atoms with Gasteiger partial charge in [-0.05, 0) is 50.3 Å². The molecule has 0 unspecified atom stereocenters. The molecule has 2 heteroatoms. The molecule has 0 aliphatic heterocycles. The molecule has 0 heterocycles. The summed E-state index contributed by atoms with van der Waals surface area (Å²) in [6.07, 6.45) is 2.15. The first-order chi connectivity index (χ1) is 7.88. The van der Waals surface area contributed by atoms with Gasteiger partial charge in [0.15, 0.2) is 0 Å². The molecule has 0 amide bonds. The Labute approximate surface area is 106 Å². The van der Waals surface area contributed by atoms with Crippen molar-refractivity contribution in [1.29, 1.82) is 0 Å². The molecule has 0 aliphatic rings. The van der Waals surface area contributed by atoms with Crippen molar-refractivity contribution in [1.82, 2.24) is 0 Å². The number of nitrogens with two attached hydrogens (primary N) is 1. The summed E-state index contributed by atoms with van der Waals surface area (Å²) >= 11 is 0. The van der Waals surface area contributed by atoms with Crippen molar-refractivity contribution in [3.8, 4) is 0 Å². The van der Waals surface area contributed by atoms with Crippen molar-refractivity contribution >= 4 is 5.69 Å². The van der Waals surface area contributed by atoms with E-state index in [-0.39, 0.29) is 5.54 Å². The van der Waals surface area contributed by atoms with Crippen molar-refractivity contribution in [2.45, 2.75) is 52.0 Å². The van der Waals surface area contributed by atoms with Gasteiger partial charge in [-0.15, -0.1) is 0 Å². The number of rotatable bonds is 6. The summed E-state index contributed by atoms with van der Waals surface area (Å²) in [7, 11) is 0. The Morgan fingerprint density at radius 2 is 1.76 bits per heavy atom. The molecule has 0 bridgehead atoms. The van der Waals surface area contributed by atoms with E-state index >= 15 is 0 Å². The molecular formula is C15H26N2. The van der Waals surface area contributed by atoms with E-state index in [0.29, 0.717) is 5.92 Å². The minimum atomic E-state index is -0.0524. The fourth-order valence-corrected chi connectivity index (χ4v) is 1.76. The van der Waals surface area contributed by atoms with E-state index < -0.39 is 0 Å². The van der Waals surface area contributed by atoms with Crippen LogP contribution in [0.3, 0.4) is 0 Å². The predicted octanol–water partition coefficient (Wildman–Crippen LogP) is 3.74. The third-order valence-electron chi connectivity index (χ3n) is 2.90. The van der Waals surface area contributed by atoms with Crippen molar-refractivity contribution in [3.63, 3.8) is 0 Å². The molecule has 3 N–H and O–H groups in total. The molecule has 0 radical (unpaired) electrons. The molecule has 2 nitrogen and oxygen atoms in total. The fourth-order valence-electron chi connectivity index (χ4n) is 1.76.